The lowest BCUT2D eigenvalue weighted by atomic mass is 9.80. The molecule has 1 saturated heterocycles. The lowest BCUT2D eigenvalue weighted by Crippen LogP contribution is -2.35. The molecule has 0 spiro atoms. The fraction of sp³-hybridized carbons (Fsp3) is 0.443. The third-order valence-electron chi connectivity index (χ3n) is 15.0. The maximum absolute atomic E-state index is 15.9. The van der Waals surface area contributed by atoms with Crippen molar-refractivity contribution in [1.29, 1.82) is 0 Å². The highest BCUT2D eigenvalue weighted by molar-refractivity contribution is 8.44. The minimum absolute atomic E-state index is 0.0490. The van der Waals surface area contributed by atoms with Crippen molar-refractivity contribution in [1.82, 2.24) is 63.2 Å². The highest BCUT2D eigenvalue weighted by Gasteiger charge is 2.51. The zero-order chi connectivity index (χ0) is 69.8. The second kappa shape index (κ2) is 33.3. The molecule has 6 aromatic heterocycles. The van der Waals surface area contributed by atoms with Gasteiger partial charge in [0.05, 0.1) is 70.9 Å². The first-order valence-electron chi connectivity index (χ1n) is 30.6. The number of ether oxygens (including phenoxy) is 4. The molecule has 3 aromatic carbocycles. The Morgan fingerprint density at radius 2 is 1.51 bits per heavy atom. The second-order valence-electron chi connectivity index (χ2n) is 22.8. The number of hydrogen-bond acceptors (Lipinski definition) is 25. The quantitative estimate of drug-likeness (QED) is 0.0136. The van der Waals surface area contributed by atoms with Crippen LogP contribution in [0.15, 0.2) is 115 Å². The van der Waals surface area contributed by atoms with Crippen molar-refractivity contribution < 1.29 is 65.0 Å². The highest BCUT2D eigenvalue weighted by atomic mass is 32.7. The van der Waals surface area contributed by atoms with Gasteiger partial charge in [0, 0.05) is 18.6 Å². The molecule has 11 rings (SSSR count). The Morgan fingerprint density at radius 3 is 2.10 bits per heavy atom. The number of aromatic nitrogens is 12. The molecule has 2 aliphatic heterocycles. The number of rotatable bonds is 20. The van der Waals surface area contributed by atoms with Crippen LogP contribution in [0.1, 0.15) is 83.0 Å². The summed E-state index contributed by atoms with van der Waals surface area (Å²) in [6.45, 7) is 13.4. The number of benzene rings is 3. The van der Waals surface area contributed by atoms with E-state index < -0.39 is 70.5 Å². The molecule has 8 heterocycles. The molecule has 520 valence electrons. The molecule has 0 radical (unpaired) electrons. The molecule has 3 unspecified atom stereocenters. The summed E-state index contributed by atoms with van der Waals surface area (Å²) < 4.78 is 95.2. The molecule has 0 aliphatic carbocycles. The second-order valence-corrected chi connectivity index (χ2v) is 29.9. The number of aromatic amines is 1. The fourth-order valence-electron chi connectivity index (χ4n) is 10.8. The van der Waals surface area contributed by atoms with Gasteiger partial charge in [-0.25, -0.2) is 55.1 Å². The zero-order valence-electron chi connectivity index (χ0n) is 54.6. The minimum Gasteiger partial charge on any atom is -0.497 e. The average molecular weight is 1440 g/mol. The first-order chi connectivity index (χ1) is 46.4. The van der Waals surface area contributed by atoms with Gasteiger partial charge < -0.3 is 68.0 Å². The van der Waals surface area contributed by atoms with Crippen LogP contribution < -0.4 is 26.5 Å². The number of methoxy groups -OCH3 is 2. The van der Waals surface area contributed by atoms with E-state index in [1.807, 2.05) is 78.2 Å². The first kappa shape index (κ1) is 74.3. The standard InChI is InChI=1S/C39H47N6O5P.C19H22FN9O8P2S2.C3H9NO/c1-28(2)45(29(3)4)51(49-23-22-40-6)50-30(5)25-44-37(43-36-24-41-27-42-38(36)44)26-48-39(31-12-10-9-11-13-31,32-14-18-34(46-7)19-15-32)33-16-20-35(47-8)21-17-33;1-8-3-28-11(25-9-2-22-6-23-15(9)28)5-34-39(32,41)37-14-12(20)10(4-33-38(31,40)36-8)35-18(14)29-7-24-13-16(29)26-19(21)27-17(13)30;1-3(5)2-4/h9-21,24,27-30H,22-23,25-26H2,1-5,7-8H3;2,6-8,10,12,14,18H,3-5H2,1H3,(H,31,40)(H,32,41)(H3,21,26,27,30);3,5H,2,4H2,1H3/t30-,51?;8-,10+,12+,14+,18+,38?,39?;3-/m000/s1. The van der Waals surface area contributed by atoms with E-state index in [1.54, 1.807) is 38.8 Å². The number of aliphatic hydroxyl groups is 1. The van der Waals surface area contributed by atoms with E-state index in [0.717, 1.165) is 28.2 Å². The van der Waals surface area contributed by atoms with Crippen molar-refractivity contribution in [3.63, 3.8) is 0 Å². The van der Waals surface area contributed by atoms with E-state index in [-0.39, 0.29) is 73.5 Å². The largest absolute Gasteiger partial charge is 0.497 e. The number of alkyl halides is 1. The van der Waals surface area contributed by atoms with Gasteiger partial charge in [0.2, 0.25) is 12.5 Å². The molecular weight excluding hydrogens is 1360 g/mol. The predicted molar refractivity (Wildman–Crippen MR) is 366 cm³/mol. The zero-order valence-corrected chi connectivity index (χ0v) is 59.0. The van der Waals surface area contributed by atoms with Gasteiger partial charge in [-0.1, -0.05) is 66.8 Å². The van der Waals surface area contributed by atoms with Gasteiger partial charge in [-0.15, -0.1) is 0 Å². The van der Waals surface area contributed by atoms with Crippen LogP contribution in [0.4, 0.5) is 10.3 Å². The number of nitrogens with zero attached hydrogens (tertiary/aromatic N) is 13. The van der Waals surface area contributed by atoms with Crippen LogP contribution in [-0.2, 0) is 84.9 Å². The third kappa shape index (κ3) is 18.1. The first-order valence-corrected chi connectivity index (χ1v) is 37.0. The smallest absolute Gasteiger partial charge is 0.386 e. The van der Waals surface area contributed by atoms with E-state index in [2.05, 4.69) is 101 Å². The number of fused-ring (bicyclic) bond motifs is 7. The molecule has 2 bridgehead atoms. The SMILES string of the molecule is C[C@H](O)CN.C[C@H]1Cn2c(nc3cncnc32)COP(O)(=S)O[C@@H]2[C@H](F)[C@@H](COP(=O)(S)O1)O[C@H]2n1cnc2c(=O)[nH]c(N)nc21.[C-]#[N+]CCOP(O[C@@H](C)Cn1c(COC(c2ccccc2)(c2ccc(OC)cc2)c2ccc(OC)cc2)nc2cncnc21)N(C(C)C)C(C)C. The Bertz CT molecular complexity index is 4210. The summed E-state index contributed by atoms with van der Waals surface area (Å²) in [5, 5.41) is 8.24. The van der Waals surface area contributed by atoms with E-state index in [4.69, 9.17) is 86.0 Å². The maximum atomic E-state index is 15.9. The van der Waals surface area contributed by atoms with Crippen LogP contribution in [0.25, 0.3) is 38.3 Å². The minimum atomic E-state index is -4.18. The Balaban J connectivity index is 0.000000216. The molecule has 9 aromatic rings. The van der Waals surface area contributed by atoms with Crippen molar-refractivity contribution in [2.45, 2.75) is 135 Å². The molecule has 2 aliphatic rings. The topological polar surface area (TPSA) is 360 Å². The Kier molecular flexibility index (Phi) is 25.5. The van der Waals surface area contributed by atoms with Crippen LogP contribution in [0.2, 0.25) is 0 Å². The summed E-state index contributed by atoms with van der Waals surface area (Å²) in [7, 11) is 1.87. The summed E-state index contributed by atoms with van der Waals surface area (Å²) in [5.41, 5.74) is 13.7. The van der Waals surface area contributed by atoms with Gasteiger partial charge in [-0.3, -0.25) is 27.9 Å². The van der Waals surface area contributed by atoms with E-state index >= 15 is 4.39 Å². The van der Waals surface area contributed by atoms with Gasteiger partial charge in [-0.05, 0) is 101 Å². The number of imidazole rings is 3. The lowest BCUT2D eigenvalue weighted by molar-refractivity contribution is -0.0461. The third-order valence-corrected chi connectivity index (χ3v) is 20.5. The molecule has 0 saturated carbocycles. The van der Waals surface area contributed by atoms with Crippen LogP contribution in [0.5, 0.6) is 11.5 Å². The van der Waals surface area contributed by atoms with Gasteiger partial charge in [0.1, 0.15) is 84.5 Å². The summed E-state index contributed by atoms with van der Waals surface area (Å²) in [6.07, 6.45) is -0.614. The van der Waals surface area contributed by atoms with Gasteiger partial charge >= 0.3 is 13.5 Å². The maximum Gasteiger partial charge on any atom is 0.386 e. The van der Waals surface area contributed by atoms with Crippen molar-refractivity contribution in [2.75, 3.05) is 46.3 Å². The molecule has 10 atom stereocenters. The van der Waals surface area contributed by atoms with E-state index in [9.17, 15) is 14.3 Å². The van der Waals surface area contributed by atoms with Crippen LogP contribution in [0.3, 0.4) is 0 Å². The summed E-state index contributed by atoms with van der Waals surface area (Å²) in [6, 6.07) is 26.5. The molecule has 0 amide bonds. The Hall–Kier alpha value is -6.89. The van der Waals surface area contributed by atoms with Crippen LogP contribution in [0, 0.1) is 6.57 Å². The molecule has 30 nitrogen and oxygen atoms in total. The number of nitrogens with two attached hydrogens (primary N) is 2. The van der Waals surface area contributed by atoms with Gasteiger partial charge in [-0.2, -0.15) is 4.98 Å². The summed E-state index contributed by atoms with van der Waals surface area (Å²) >= 11 is 9.26. The summed E-state index contributed by atoms with van der Waals surface area (Å²) in [4.78, 5) is 63.6. The van der Waals surface area contributed by atoms with E-state index in [1.165, 1.54) is 29.7 Å². The average Bonchev–Trinajstić information content (AvgIpc) is 1.75. The molecule has 36 heteroatoms. The van der Waals surface area contributed by atoms with Gasteiger partial charge in [0.25, 0.3) is 14.1 Å². The number of anilines is 1. The number of H-pyrrole nitrogens is 1. The van der Waals surface area contributed by atoms with Crippen LogP contribution >= 0.6 is 34.3 Å². The van der Waals surface area contributed by atoms with Gasteiger partial charge in [0.15, 0.2) is 34.9 Å². The monoisotopic (exact) mass is 1430 g/mol. The number of nitrogens with one attached hydrogen (secondary N) is 1. The number of aliphatic hydroxyl groups excluding tert-OH is 1. The van der Waals surface area contributed by atoms with E-state index in [0.29, 0.717) is 47.8 Å². The molecule has 97 heavy (non-hydrogen) atoms. The molecule has 1 fully saturated rings. The lowest BCUT2D eigenvalue weighted by Gasteiger charge is -2.37. The highest BCUT2D eigenvalue weighted by Crippen LogP contribution is 2.56. The van der Waals surface area contributed by atoms with Crippen molar-refractivity contribution >= 4 is 85.5 Å². The van der Waals surface area contributed by atoms with Crippen molar-refractivity contribution in [3.05, 3.63) is 160 Å². The van der Waals surface area contributed by atoms with Crippen molar-refractivity contribution in [2.24, 2.45) is 5.73 Å². The molecular formula is C61H78FN16O14P3S2. The number of halogens is 1. The number of nitrogen functional groups attached to an aromatic ring is 1. The Labute approximate surface area is 570 Å². The summed E-state index contributed by atoms with van der Waals surface area (Å²) in [5.74, 6) is 2.19. The number of thiol groups is 1. The number of hydrogen-bond donors (Lipinski definition) is 6. The predicted octanol–water partition coefficient (Wildman–Crippen LogP) is 8.73. The normalized spacial score (nSPS) is 21.8. The fourth-order valence-corrected chi connectivity index (χ4v) is 15.4. The molecule has 7 N–H and O–H groups in total. The van der Waals surface area contributed by atoms with Crippen LogP contribution in [-0.4, -0.2) is 163 Å². The Morgan fingerprint density at radius 1 is 0.897 bits per heavy atom. The van der Waals surface area contributed by atoms with Crippen molar-refractivity contribution in [3.8, 4) is 11.5 Å².